The van der Waals surface area contributed by atoms with E-state index < -0.39 is 0 Å². The van der Waals surface area contributed by atoms with Crippen molar-refractivity contribution in [1.82, 2.24) is 15.6 Å². The zero-order valence-corrected chi connectivity index (χ0v) is 16.5. The van der Waals surface area contributed by atoms with Crippen LogP contribution < -0.4 is 16.0 Å². The van der Waals surface area contributed by atoms with Crippen molar-refractivity contribution >= 4 is 45.1 Å². The summed E-state index contributed by atoms with van der Waals surface area (Å²) in [5, 5.41) is 8.75. The number of carbonyl (C=O) groups excluding carboxylic acids is 2. The monoisotopic (exact) mass is 416 g/mol. The minimum absolute atomic E-state index is 0.116. The van der Waals surface area contributed by atoms with Gasteiger partial charge in [-0.3, -0.25) is 9.59 Å². The predicted molar refractivity (Wildman–Crippen MR) is 107 cm³/mol. The average Bonchev–Trinajstić information content (AvgIpc) is 3.04. The topological polar surface area (TPSA) is 86.0 Å². The molecule has 1 aliphatic heterocycles. The zero-order chi connectivity index (χ0) is 18.8. The predicted octanol–water partition coefficient (Wildman–Crippen LogP) is 2.84. The van der Waals surface area contributed by atoms with Crippen molar-refractivity contribution in [2.45, 2.75) is 13.8 Å². The molecule has 0 atom stereocenters. The van der Waals surface area contributed by atoms with Crippen LogP contribution in [0.2, 0.25) is 0 Å². The summed E-state index contributed by atoms with van der Waals surface area (Å²) in [5.41, 5.74) is 5.21. The van der Waals surface area contributed by atoms with E-state index in [-0.39, 0.29) is 11.8 Å². The number of rotatable bonds is 5. The van der Waals surface area contributed by atoms with Crippen LogP contribution in [0, 0.1) is 13.8 Å². The number of benzene rings is 1. The molecule has 1 aromatic carbocycles. The fourth-order valence-corrected chi connectivity index (χ4v) is 3.46. The van der Waals surface area contributed by atoms with Crippen LogP contribution in [0.25, 0.3) is 11.6 Å². The quantitative estimate of drug-likeness (QED) is 0.446. The van der Waals surface area contributed by atoms with Crippen LogP contribution in [0.3, 0.4) is 0 Å². The van der Waals surface area contributed by atoms with Crippen LogP contribution >= 0.6 is 15.9 Å². The maximum Gasteiger partial charge on any atom is 0.256 e. The van der Waals surface area contributed by atoms with Gasteiger partial charge in [-0.1, -0.05) is 15.9 Å². The minimum atomic E-state index is -0.148. The fourth-order valence-electron chi connectivity index (χ4n) is 3.10. The Hall–Kier alpha value is -2.38. The Balaban J connectivity index is 1.96. The molecule has 0 spiro atoms. The number of fused-ring (bicyclic) bond motifs is 1. The molecule has 4 N–H and O–H groups in total. The number of halogens is 1. The second-order valence-electron chi connectivity index (χ2n) is 6.23. The van der Waals surface area contributed by atoms with Gasteiger partial charge in [-0.25, -0.2) is 0 Å². The number of aryl methyl sites for hydroxylation is 1. The van der Waals surface area contributed by atoms with E-state index in [0.717, 1.165) is 32.7 Å². The number of carbonyl (C=O) groups is 2. The highest BCUT2D eigenvalue weighted by Crippen LogP contribution is 2.35. The average molecular weight is 417 g/mol. The Morgan fingerprint density at radius 1 is 1.27 bits per heavy atom. The fraction of sp³-hybridized carbons (Fsp3) is 0.263. The Morgan fingerprint density at radius 3 is 2.77 bits per heavy atom. The van der Waals surface area contributed by atoms with Gasteiger partial charge in [0, 0.05) is 40.2 Å². The van der Waals surface area contributed by atoms with Crippen LogP contribution in [-0.4, -0.2) is 36.9 Å². The van der Waals surface area contributed by atoms with Gasteiger partial charge in [0.1, 0.15) is 0 Å². The van der Waals surface area contributed by atoms with E-state index in [4.69, 9.17) is 0 Å². The first kappa shape index (κ1) is 18.4. The summed E-state index contributed by atoms with van der Waals surface area (Å²) in [6.07, 6.45) is 1.81. The van der Waals surface area contributed by atoms with E-state index >= 15 is 0 Å². The standard InChI is InChI=1S/C19H21BrN4O2/c1-10-16(23-11(2)17(10)19(26)22-7-6-21-3)9-14-13-8-12(20)4-5-15(13)24-18(14)25/h4-5,8-9,21,23H,6-7H2,1-3H3,(H,22,26)(H,24,25). The molecular weight excluding hydrogens is 396 g/mol. The number of anilines is 1. The molecule has 2 aromatic rings. The van der Waals surface area contributed by atoms with E-state index in [9.17, 15) is 9.59 Å². The summed E-state index contributed by atoms with van der Waals surface area (Å²) in [5.74, 6) is -0.264. The lowest BCUT2D eigenvalue weighted by atomic mass is 10.0. The van der Waals surface area contributed by atoms with Crippen LogP contribution in [0.1, 0.15) is 32.9 Å². The first-order valence-electron chi connectivity index (χ1n) is 8.37. The van der Waals surface area contributed by atoms with Crippen LogP contribution in [0.5, 0.6) is 0 Å². The molecule has 0 saturated carbocycles. The molecule has 26 heavy (non-hydrogen) atoms. The first-order chi connectivity index (χ1) is 12.4. The SMILES string of the molecule is CNCCNC(=O)c1c(C)[nH]c(C=C2C(=O)Nc3ccc(Br)cc32)c1C. The lowest BCUT2D eigenvalue weighted by molar-refractivity contribution is -0.110. The van der Waals surface area contributed by atoms with Crippen LogP contribution in [0.4, 0.5) is 5.69 Å². The zero-order valence-electron chi connectivity index (χ0n) is 14.9. The van der Waals surface area contributed by atoms with Gasteiger partial charge >= 0.3 is 0 Å². The van der Waals surface area contributed by atoms with E-state index in [2.05, 4.69) is 36.9 Å². The van der Waals surface area contributed by atoms with Gasteiger partial charge in [-0.2, -0.15) is 0 Å². The van der Waals surface area contributed by atoms with E-state index in [1.54, 1.807) is 6.08 Å². The molecule has 0 unspecified atom stereocenters. The summed E-state index contributed by atoms with van der Waals surface area (Å²) in [4.78, 5) is 28.0. The lowest BCUT2D eigenvalue weighted by Gasteiger charge is -2.05. The molecule has 0 radical (unpaired) electrons. The number of aromatic nitrogens is 1. The van der Waals surface area contributed by atoms with Crippen molar-refractivity contribution in [2.75, 3.05) is 25.5 Å². The highest BCUT2D eigenvalue weighted by molar-refractivity contribution is 9.10. The summed E-state index contributed by atoms with van der Waals surface area (Å²) >= 11 is 3.44. The number of hydrogen-bond donors (Lipinski definition) is 4. The van der Waals surface area contributed by atoms with Crippen molar-refractivity contribution in [3.8, 4) is 0 Å². The molecule has 0 saturated heterocycles. The summed E-state index contributed by atoms with van der Waals surface area (Å²) < 4.78 is 0.905. The Kier molecular flexibility index (Phi) is 5.29. The van der Waals surface area contributed by atoms with Crippen molar-refractivity contribution in [3.63, 3.8) is 0 Å². The highest BCUT2D eigenvalue weighted by Gasteiger charge is 2.25. The maximum absolute atomic E-state index is 12.5. The second kappa shape index (κ2) is 7.47. The molecule has 0 bridgehead atoms. The molecule has 1 aliphatic rings. The first-order valence-corrected chi connectivity index (χ1v) is 9.16. The Labute approximate surface area is 160 Å². The number of hydrogen-bond acceptors (Lipinski definition) is 3. The van der Waals surface area contributed by atoms with Crippen LogP contribution in [-0.2, 0) is 4.79 Å². The van der Waals surface area contributed by atoms with Gasteiger partial charge in [0.05, 0.1) is 11.1 Å². The van der Waals surface area contributed by atoms with Crippen molar-refractivity contribution < 1.29 is 9.59 Å². The molecule has 2 amide bonds. The number of aromatic amines is 1. The molecule has 7 heteroatoms. The minimum Gasteiger partial charge on any atom is -0.358 e. The van der Waals surface area contributed by atoms with E-state index in [1.807, 2.05) is 39.1 Å². The van der Waals surface area contributed by atoms with Crippen LogP contribution in [0.15, 0.2) is 22.7 Å². The molecular formula is C19H21BrN4O2. The number of likely N-dealkylation sites (N-methyl/N-ethyl adjacent to an activating group) is 1. The molecule has 2 heterocycles. The van der Waals surface area contributed by atoms with Crippen molar-refractivity contribution in [3.05, 3.63) is 50.8 Å². The highest BCUT2D eigenvalue weighted by atomic mass is 79.9. The molecule has 0 fully saturated rings. The smallest absolute Gasteiger partial charge is 0.256 e. The van der Waals surface area contributed by atoms with Gasteiger partial charge in [0.15, 0.2) is 0 Å². The summed E-state index contributed by atoms with van der Waals surface area (Å²) in [6.45, 7) is 5.01. The Morgan fingerprint density at radius 2 is 2.04 bits per heavy atom. The summed E-state index contributed by atoms with van der Waals surface area (Å²) in [7, 11) is 1.84. The van der Waals surface area contributed by atoms with Gasteiger partial charge in [0.25, 0.3) is 11.8 Å². The number of H-pyrrole nitrogens is 1. The van der Waals surface area contributed by atoms with E-state index in [1.165, 1.54) is 0 Å². The number of amides is 2. The van der Waals surface area contributed by atoms with E-state index in [0.29, 0.717) is 24.2 Å². The third-order valence-corrected chi connectivity index (χ3v) is 4.91. The van der Waals surface area contributed by atoms with Crippen molar-refractivity contribution in [2.24, 2.45) is 0 Å². The third kappa shape index (κ3) is 3.45. The molecule has 6 nitrogen and oxygen atoms in total. The maximum atomic E-state index is 12.5. The lowest BCUT2D eigenvalue weighted by Crippen LogP contribution is -2.30. The second-order valence-corrected chi connectivity index (χ2v) is 7.14. The van der Waals surface area contributed by atoms with Gasteiger partial charge < -0.3 is 20.9 Å². The van der Waals surface area contributed by atoms with Gasteiger partial charge in [0.2, 0.25) is 0 Å². The third-order valence-electron chi connectivity index (χ3n) is 4.42. The normalized spacial score (nSPS) is 14.5. The molecule has 0 aliphatic carbocycles. The summed E-state index contributed by atoms with van der Waals surface area (Å²) in [6, 6.07) is 5.67. The molecule has 136 valence electrons. The molecule has 3 rings (SSSR count). The Bertz CT molecular complexity index is 915. The number of nitrogens with one attached hydrogen (secondary N) is 4. The van der Waals surface area contributed by atoms with Crippen molar-refractivity contribution in [1.29, 1.82) is 0 Å². The van der Waals surface area contributed by atoms with Gasteiger partial charge in [-0.05, 0) is 50.7 Å². The largest absolute Gasteiger partial charge is 0.358 e. The molecule has 1 aromatic heterocycles. The van der Waals surface area contributed by atoms with Gasteiger partial charge in [-0.15, -0.1) is 0 Å².